The van der Waals surface area contributed by atoms with Crippen LogP contribution in [0.1, 0.15) is 34.3 Å². The number of hydrazone groups is 1. The van der Waals surface area contributed by atoms with Gasteiger partial charge < -0.3 is 17.0 Å². The highest BCUT2D eigenvalue weighted by Crippen LogP contribution is 2.09. The highest BCUT2D eigenvalue weighted by molar-refractivity contribution is 6.04. The number of benzene rings is 1. The fourth-order valence-corrected chi connectivity index (χ4v) is 2.43. The molecule has 1 N–H and O–H groups in total. The minimum Gasteiger partial charge on any atom is -1.00 e. The Kier molecular flexibility index (Phi) is 6.14. The number of carbonyl (C=O) groups is 2. The number of aromatic nitrogens is 1. The number of hydrogen-bond donors (Lipinski definition) is 1. The molecule has 7 heteroatoms. The SMILES string of the molecule is N#Cc1ccc(C(=O)C[n+]2ccc(C3=NNC(=O)CC3)cc2)cc1.[Br-]. The van der Waals surface area contributed by atoms with Crippen LogP contribution < -0.4 is 27.0 Å². The first-order valence-electron chi connectivity index (χ1n) is 7.54. The van der Waals surface area contributed by atoms with Crippen molar-refractivity contribution < 1.29 is 31.1 Å². The third-order valence-electron chi connectivity index (χ3n) is 3.79. The van der Waals surface area contributed by atoms with Crippen LogP contribution in [0.4, 0.5) is 0 Å². The third kappa shape index (κ3) is 4.58. The summed E-state index contributed by atoms with van der Waals surface area (Å²) >= 11 is 0. The van der Waals surface area contributed by atoms with Gasteiger partial charge in [-0.25, -0.2) is 5.43 Å². The van der Waals surface area contributed by atoms with E-state index < -0.39 is 0 Å². The monoisotopic (exact) mass is 398 g/mol. The average Bonchev–Trinajstić information content (AvgIpc) is 2.63. The first-order chi connectivity index (χ1) is 11.7. The van der Waals surface area contributed by atoms with Crippen molar-refractivity contribution in [2.24, 2.45) is 5.10 Å². The maximum atomic E-state index is 12.3. The van der Waals surface area contributed by atoms with Crippen molar-refractivity contribution in [2.75, 3.05) is 0 Å². The summed E-state index contributed by atoms with van der Waals surface area (Å²) in [6.45, 7) is 0.218. The van der Waals surface area contributed by atoms with E-state index in [9.17, 15) is 9.59 Å². The summed E-state index contributed by atoms with van der Waals surface area (Å²) in [4.78, 5) is 23.4. The van der Waals surface area contributed by atoms with Crippen molar-refractivity contribution in [3.05, 3.63) is 65.5 Å². The quantitative estimate of drug-likeness (QED) is 0.494. The summed E-state index contributed by atoms with van der Waals surface area (Å²) in [6.07, 6.45) is 4.68. The van der Waals surface area contributed by atoms with E-state index in [1.807, 2.05) is 30.6 Å². The second kappa shape index (κ2) is 8.31. The van der Waals surface area contributed by atoms with Crippen molar-refractivity contribution in [3.8, 4) is 6.07 Å². The summed E-state index contributed by atoms with van der Waals surface area (Å²) in [5.74, 6) is -0.0998. The van der Waals surface area contributed by atoms with Gasteiger partial charge in [0.2, 0.25) is 18.2 Å². The van der Waals surface area contributed by atoms with E-state index in [1.54, 1.807) is 28.8 Å². The molecule has 3 rings (SSSR count). The molecule has 1 aromatic carbocycles. The second-order valence-electron chi connectivity index (χ2n) is 5.46. The van der Waals surface area contributed by atoms with Gasteiger partial charge in [-0.3, -0.25) is 9.59 Å². The van der Waals surface area contributed by atoms with Gasteiger partial charge in [-0.1, -0.05) is 0 Å². The summed E-state index contributed by atoms with van der Waals surface area (Å²) in [6, 6.07) is 12.4. The molecule has 1 aliphatic heterocycles. The smallest absolute Gasteiger partial charge is 0.240 e. The molecule has 0 bridgehead atoms. The van der Waals surface area contributed by atoms with E-state index in [4.69, 9.17) is 5.26 Å². The van der Waals surface area contributed by atoms with E-state index in [1.165, 1.54) is 0 Å². The van der Waals surface area contributed by atoms with E-state index in [0.717, 1.165) is 11.3 Å². The van der Waals surface area contributed by atoms with Gasteiger partial charge in [0.05, 0.1) is 17.3 Å². The highest BCUT2D eigenvalue weighted by atomic mass is 79.9. The minimum absolute atomic E-state index is 0. The number of hydrogen-bond acceptors (Lipinski definition) is 4. The number of Topliss-reactive ketones (excluding diaryl/α,β-unsaturated/α-hetero) is 1. The van der Waals surface area contributed by atoms with Crippen molar-refractivity contribution in [1.29, 1.82) is 5.26 Å². The average molecular weight is 399 g/mol. The molecule has 0 aliphatic carbocycles. The molecular weight excluding hydrogens is 384 g/mol. The Balaban J connectivity index is 0.00000225. The van der Waals surface area contributed by atoms with Crippen LogP contribution in [0.15, 0.2) is 53.9 Å². The number of nitrogens with one attached hydrogen (secondary N) is 1. The second-order valence-corrected chi connectivity index (χ2v) is 5.46. The number of rotatable bonds is 4. The topological polar surface area (TPSA) is 86.2 Å². The summed E-state index contributed by atoms with van der Waals surface area (Å²) in [5.41, 5.74) is 5.34. The standard InChI is InChI=1S/C18H14N4O2.BrH/c19-11-13-1-3-15(4-2-13)17(23)12-22-9-7-14(8-10-22)16-5-6-18(24)21-20-16;/h1-4,7-10H,5-6,12H2;1H. The van der Waals surface area contributed by atoms with Crippen LogP contribution in [0.5, 0.6) is 0 Å². The van der Waals surface area contributed by atoms with Gasteiger partial charge in [0.25, 0.3) is 0 Å². The molecule has 0 unspecified atom stereocenters. The van der Waals surface area contributed by atoms with E-state index in [-0.39, 0.29) is 35.2 Å². The maximum Gasteiger partial charge on any atom is 0.240 e. The van der Waals surface area contributed by atoms with Crippen LogP contribution in [0.3, 0.4) is 0 Å². The van der Waals surface area contributed by atoms with Crippen LogP contribution in [-0.4, -0.2) is 17.4 Å². The maximum absolute atomic E-state index is 12.3. The zero-order valence-electron chi connectivity index (χ0n) is 13.3. The lowest BCUT2D eigenvalue weighted by Gasteiger charge is -2.11. The van der Waals surface area contributed by atoms with Crippen molar-refractivity contribution in [3.63, 3.8) is 0 Å². The molecule has 0 fully saturated rings. The van der Waals surface area contributed by atoms with E-state index >= 15 is 0 Å². The van der Waals surface area contributed by atoms with Crippen LogP contribution in [0.25, 0.3) is 0 Å². The fraction of sp³-hybridized carbons (Fsp3) is 0.167. The number of carbonyl (C=O) groups excluding carboxylic acids is 2. The molecule has 1 amide bonds. The Hall–Kier alpha value is -2.85. The lowest BCUT2D eigenvalue weighted by molar-refractivity contribution is -0.683. The van der Waals surface area contributed by atoms with Crippen molar-refractivity contribution >= 4 is 17.4 Å². The predicted molar refractivity (Wildman–Crippen MR) is 86.0 cm³/mol. The van der Waals surface area contributed by atoms with Crippen LogP contribution in [-0.2, 0) is 11.3 Å². The van der Waals surface area contributed by atoms with Crippen LogP contribution in [0.2, 0.25) is 0 Å². The van der Waals surface area contributed by atoms with Crippen molar-refractivity contribution in [1.82, 2.24) is 5.43 Å². The third-order valence-corrected chi connectivity index (χ3v) is 3.79. The number of amides is 1. The van der Waals surface area contributed by atoms with Gasteiger partial charge in [-0.15, -0.1) is 0 Å². The highest BCUT2D eigenvalue weighted by Gasteiger charge is 2.16. The largest absolute Gasteiger partial charge is 1.00 e. The van der Waals surface area contributed by atoms with Gasteiger partial charge in [-0.2, -0.15) is 14.9 Å². The van der Waals surface area contributed by atoms with Crippen molar-refractivity contribution in [2.45, 2.75) is 19.4 Å². The van der Waals surface area contributed by atoms with Crippen LogP contribution in [0, 0.1) is 11.3 Å². The van der Waals surface area contributed by atoms with Gasteiger partial charge in [0.15, 0.2) is 12.4 Å². The zero-order valence-corrected chi connectivity index (χ0v) is 14.9. The van der Waals surface area contributed by atoms with E-state index in [2.05, 4.69) is 10.5 Å². The number of nitriles is 1. The zero-order chi connectivity index (χ0) is 16.9. The first kappa shape index (κ1) is 18.5. The molecular formula is C18H15BrN4O2. The molecule has 6 nitrogen and oxygen atoms in total. The van der Waals surface area contributed by atoms with Crippen LogP contribution >= 0.6 is 0 Å². The summed E-state index contributed by atoms with van der Waals surface area (Å²) in [7, 11) is 0. The van der Waals surface area contributed by atoms with E-state index in [0.29, 0.717) is 24.0 Å². The summed E-state index contributed by atoms with van der Waals surface area (Å²) in [5, 5.41) is 12.8. The Labute approximate surface area is 155 Å². The first-order valence-corrected chi connectivity index (χ1v) is 7.54. The normalized spacial score (nSPS) is 13.1. The number of pyridine rings is 1. The number of ketones is 1. The molecule has 2 aromatic rings. The molecule has 0 saturated heterocycles. The predicted octanol–water partition coefficient (Wildman–Crippen LogP) is -1.65. The molecule has 1 aliphatic rings. The molecule has 0 saturated carbocycles. The Morgan fingerprint density at radius 3 is 2.40 bits per heavy atom. The molecule has 0 spiro atoms. The Morgan fingerprint density at radius 1 is 1.16 bits per heavy atom. The molecule has 2 heterocycles. The minimum atomic E-state index is -0.0715. The van der Waals surface area contributed by atoms with Gasteiger partial charge >= 0.3 is 0 Å². The summed E-state index contributed by atoms with van der Waals surface area (Å²) < 4.78 is 1.78. The molecule has 126 valence electrons. The molecule has 1 aromatic heterocycles. The molecule has 0 radical (unpaired) electrons. The Morgan fingerprint density at radius 2 is 1.84 bits per heavy atom. The Bertz CT molecular complexity index is 852. The molecule has 0 atom stereocenters. The number of halogens is 1. The molecule has 25 heavy (non-hydrogen) atoms. The van der Waals surface area contributed by atoms with Gasteiger partial charge in [-0.05, 0) is 24.3 Å². The lowest BCUT2D eigenvalue weighted by atomic mass is 10.1. The lowest BCUT2D eigenvalue weighted by Crippen LogP contribution is -3.00. The fourth-order valence-electron chi connectivity index (χ4n) is 2.43. The van der Waals surface area contributed by atoms with Gasteiger partial charge in [0, 0.05) is 36.1 Å². The van der Waals surface area contributed by atoms with Gasteiger partial charge in [0.1, 0.15) is 0 Å². The number of nitrogens with zero attached hydrogens (tertiary/aromatic N) is 3.